The largest absolute Gasteiger partial charge is 0.298 e. The first-order valence-corrected chi connectivity index (χ1v) is 6.14. The minimum absolute atomic E-state index is 0.569. The number of fused-ring (bicyclic) bond motifs is 1. The molecule has 18 heavy (non-hydrogen) atoms. The fourth-order valence-electron chi connectivity index (χ4n) is 1.86. The zero-order chi connectivity index (χ0) is 12.5. The third kappa shape index (κ3) is 1.73. The minimum Gasteiger partial charge on any atom is -0.298 e. The zero-order valence-corrected chi connectivity index (χ0v) is 10.8. The van der Waals surface area contributed by atoms with E-state index in [-0.39, 0.29) is 0 Å². The summed E-state index contributed by atoms with van der Waals surface area (Å²) in [5.74, 6) is 0. The fraction of sp³-hybridized carbons (Fsp3) is 0. The smallest absolute Gasteiger partial charge is 0.152 e. The van der Waals surface area contributed by atoms with Gasteiger partial charge < -0.3 is 0 Å². The lowest BCUT2D eigenvalue weighted by atomic mass is 10.2. The number of benzene rings is 2. The predicted molar refractivity (Wildman–Crippen MR) is 72.0 cm³/mol. The van der Waals surface area contributed by atoms with E-state index in [0.29, 0.717) is 5.56 Å². The number of aldehydes is 1. The molecule has 1 aromatic heterocycles. The van der Waals surface area contributed by atoms with Gasteiger partial charge in [0.15, 0.2) is 6.29 Å². The van der Waals surface area contributed by atoms with E-state index in [4.69, 9.17) is 0 Å². The van der Waals surface area contributed by atoms with Crippen LogP contribution < -0.4 is 0 Å². The third-order valence-corrected chi connectivity index (χ3v) is 3.19. The Morgan fingerprint density at radius 2 is 2.00 bits per heavy atom. The molecule has 0 N–H and O–H groups in total. The van der Waals surface area contributed by atoms with E-state index in [0.717, 1.165) is 27.5 Å². The first-order chi connectivity index (χ1) is 8.79. The van der Waals surface area contributed by atoms with Gasteiger partial charge in [-0.25, -0.2) is 4.68 Å². The zero-order valence-electron chi connectivity index (χ0n) is 9.25. The molecular formula is C13H8BrN3O. The summed E-state index contributed by atoms with van der Waals surface area (Å²) in [5.41, 5.74) is 2.97. The van der Waals surface area contributed by atoms with Crippen LogP contribution in [0.4, 0.5) is 0 Å². The molecule has 3 rings (SSSR count). The van der Waals surface area contributed by atoms with Gasteiger partial charge in [-0.15, -0.1) is 5.10 Å². The van der Waals surface area contributed by atoms with Crippen molar-refractivity contribution in [3.63, 3.8) is 0 Å². The second kappa shape index (κ2) is 4.34. The van der Waals surface area contributed by atoms with Gasteiger partial charge in [-0.3, -0.25) is 4.79 Å². The lowest BCUT2D eigenvalue weighted by molar-refractivity contribution is 0.112. The maximum absolute atomic E-state index is 11.1. The first kappa shape index (κ1) is 11.1. The molecule has 1 heterocycles. The van der Waals surface area contributed by atoms with Crippen LogP contribution in [0.15, 0.2) is 46.9 Å². The van der Waals surface area contributed by atoms with Crippen LogP contribution in [0.2, 0.25) is 0 Å². The van der Waals surface area contributed by atoms with Crippen LogP contribution in [-0.4, -0.2) is 21.3 Å². The van der Waals surface area contributed by atoms with Crippen molar-refractivity contribution >= 4 is 33.2 Å². The molecule has 0 radical (unpaired) electrons. The Kier molecular flexibility index (Phi) is 2.68. The van der Waals surface area contributed by atoms with Crippen molar-refractivity contribution < 1.29 is 4.79 Å². The summed E-state index contributed by atoms with van der Waals surface area (Å²) in [7, 11) is 0. The maximum Gasteiger partial charge on any atom is 0.152 e. The van der Waals surface area contributed by atoms with E-state index in [1.165, 1.54) is 0 Å². The number of nitrogens with zero attached hydrogens (tertiary/aromatic N) is 3. The predicted octanol–water partition coefficient (Wildman–Crippen LogP) is 3.00. The SMILES string of the molecule is O=Cc1cc(Br)ccc1-n1nnc2ccccc21. The van der Waals surface area contributed by atoms with Crippen molar-refractivity contribution in [2.24, 2.45) is 0 Å². The number of halogens is 1. The molecule has 4 nitrogen and oxygen atoms in total. The molecule has 0 aliphatic carbocycles. The average Bonchev–Trinajstić information content (AvgIpc) is 2.82. The summed E-state index contributed by atoms with van der Waals surface area (Å²) in [6, 6.07) is 13.1. The van der Waals surface area contributed by atoms with Crippen molar-refractivity contribution in [2.45, 2.75) is 0 Å². The summed E-state index contributed by atoms with van der Waals surface area (Å²) in [6.45, 7) is 0. The number of carbonyl (C=O) groups excluding carboxylic acids is 1. The summed E-state index contributed by atoms with van der Waals surface area (Å²) in [5, 5.41) is 8.17. The second-order valence-electron chi connectivity index (χ2n) is 3.81. The van der Waals surface area contributed by atoms with Gasteiger partial charge in [0, 0.05) is 10.0 Å². The molecule has 0 spiro atoms. The number of hydrogen-bond acceptors (Lipinski definition) is 3. The average molecular weight is 302 g/mol. The number of rotatable bonds is 2. The normalized spacial score (nSPS) is 10.7. The minimum atomic E-state index is 0.569. The monoisotopic (exact) mass is 301 g/mol. The Morgan fingerprint density at radius 1 is 1.17 bits per heavy atom. The Labute approximate surface area is 111 Å². The Morgan fingerprint density at radius 3 is 2.83 bits per heavy atom. The molecule has 0 unspecified atom stereocenters. The van der Waals surface area contributed by atoms with Gasteiger partial charge in [0.1, 0.15) is 5.52 Å². The number of carbonyl (C=O) groups is 1. The molecule has 0 atom stereocenters. The maximum atomic E-state index is 11.1. The van der Waals surface area contributed by atoms with Crippen LogP contribution >= 0.6 is 15.9 Å². The standard InChI is InChI=1S/C13H8BrN3O/c14-10-5-6-12(9(7-10)8-18)17-13-4-2-1-3-11(13)15-16-17/h1-8H. The highest BCUT2D eigenvalue weighted by atomic mass is 79.9. The Balaban J connectivity index is 2.29. The molecule has 0 aliphatic rings. The van der Waals surface area contributed by atoms with Crippen molar-refractivity contribution in [3.05, 3.63) is 52.5 Å². The van der Waals surface area contributed by atoms with Crippen LogP contribution in [0.5, 0.6) is 0 Å². The lowest BCUT2D eigenvalue weighted by Crippen LogP contribution is -2.01. The van der Waals surface area contributed by atoms with E-state index >= 15 is 0 Å². The number of para-hydroxylation sites is 1. The third-order valence-electron chi connectivity index (χ3n) is 2.70. The highest BCUT2D eigenvalue weighted by Crippen LogP contribution is 2.21. The van der Waals surface area contributed by atoms with Crippen LogP contribution in [0.1, 0.15) is 10.4 Å². The molecular weight excluding hydrogens is 294 g/mol. The Bertz CT molecular complexity index is 736. The van der Waals surface area contributed by atoms with Crippen LogP contribution in [0.25, 0.3) is 16.7 Å². The topological polar surface area (TPSA) is 47.8 Å². The van der Waals surface area contributed by atoms with Gasteiger partial charge in [0.2, 0.25) is 0 Å². The summed E-state index contributed by atoms with van der Waals surface area (Å²) in [4.78, 5) is 11.1. The van der Waals surface area contributed by atoms with Gasteiger partial charge in [-0.05, 0) is 30.3 Å². The van der Waals surface area contributed by atoms with E-state index in [1.54, 1.807) is 10.7 Å². The van der Waals surface area contributed by atoms with Crippen LogP contribution in [0, 0.1) is 0 Å². The van der Waals surface area contributed by atoms with Gasteiger partial charge in [0.25, 0.3) is 0 Å². The Hall–Kier alpha value is -2.01. The van der Waals surface area contributed by atoms with Gasteiger partial charge >= 0.3 is 0 Å². The van der Waals surface area contributed by atoms with Crippen molar-refractivity contribution in [1.29, 1.82) is 0 Å². The molecule has 0 aliphatic heterocycles. The quantitative estimate of drug-likeness (QED) is 0.684. The summed E-state index contributed by atoms with van der Waals surface area (Å²) in [6.07, 6.45) is 0.816. The van der Waals surface area contributed by atoms with Gasteiger partial charge in [-0.2, -0.15) is 0 Å². The first-order valence-electron chi connectivity index (χ1n) is 5.35. The van der Waals surface area contributed by atoms with E-state index < -0.39 is 0 Å². The molecule has 0 fully saturated rings. The van der Waals surface area contributed by atoms with E-state index in [9.17, 15) is 4.79 Å². The van der Waals surface area contributed by atoms with Crippen molar-refractivity contribution in [1.82, 2.24) is 15.0 Å². The highest BCUT2D eigenvalue weighted by Gasteiger charge is 2.09. The molecule has 88 valence electrons. The van der Waals surface area contributed by atoms with E-state index in [1.807, 2.05) is 36.4 Å². The second-order valence-corrected chi connectivity index (χ2v) is 4.73. The molecule has 0 saturated heterocycles. The van der Waals surface area contributed by atoms with Crippen LogP contribution in [-0.2, 0) is 0 Å². The molecule has 3 aromatic rings. The fourth-order valence-corrected chi connectivity index (χ4v) is 2.24. The molecule has 2 aromatic carbocycles. The van der Waals surface area contributed by atoms with Crippen molar-refractivity contribution in [2.75, 3.05) is 0 Å². The van der Waals surface area contributed by atoms with E-state index in [2.05, 4.69) is 26.2 Å². The lowest BCUT2D eigenvalue weighted by Gasteiger charge is -2.05. The van der Waals surface area contributed by atoms with Crippen molar-refractivity contribution in [3.8, 4) is 5.69 Å². The van der Waals surface area contributed by atoms with Gasteiger partial charge in [0.05, 0.1) is 11.2 Å². The summed E-state index contributed by atoms with van der Waals surface area (Å²) >= 11 is 3.35. The van der Waals surface area contributed by atoms with Crippen LogP contribution in [0.3, 0.4) is 0 Å². The number of aromatic nitrogens is 3. The van der Waals surface area contributed by atoms with Gasteiger partial charge in [-0.1, -0.05) is 33.3 Å². The number of hydrogen-bond donors (Lipinski definition) is 0. The molecule has 5 heteroatoms. The highest BCUT2D eigenvalue weighted by molar-refractivity contribution is 9.10. The molecule has 0 saturated carbocycles. The molecule has 0 bridgehead atoms. The molecule has 0 amide bonds. The summed E-state index contributed by atoms with van der Waals surface area (Å²) < 4.78 is 2.53.